The molecule has 1 fully saturated rings. The Bertz CT molecular complexity index is 470. The molecular weight excluding hydrogens is 284 g/mol. The van der Waals surface area contributed by atoms with Crippen molar-refractivity contribution in [3.8, 4) is 0 Å². The molecule has 1 atom stereocenters. The lowest BCUT2D eigenvalue weighted by Crippen LogP contribution is -2.35. The van der Waals surface area contributed by atoms with Crippen LogP contribution >= 0.6 is 11.6 Å². The van der Waals surface area contributed by atoms with Gasteiger partial charge in [0, 0.05) is 54.5 Å². The van der Waals surface area contributed by atoms with E-state index < -0.39 is 0 Å². The molecule has 0 aliphatic carbocycles. The molecule has 0 bridgehead atoms. The number of methoxy groups -OCH3 is 1. The topological polar surface area (TPSA) is 24.5 Å². The molecule has 0 spiro atoms. The molecular formula is C17H27ClN2O. The molecule has 1 heterocycles. The molecule has 1 aliphatic rings. The van der Waals surface area contributed by atoms with Crippen molar-refractivity contribution in [3.63, 3.8) is 0 Å². The summed E-state index contributed by atoms with van der Waals surface area (Å²) in [7, 11) is 1.78. The number of rotatable bonds is 5. The lowest BCUT2D eigenvalue weighted by molar-refractivity contribution is 0.161. The number of halogens is 1. The molecule has 1 aromatic rings. The van der Waals surface area contributed by atoms with Gasteiger partial charge in [-0.15, -0.1) is 0 Å². The van der Waals surface area contributed by atoms with Crippen molar-refractivity contribution in [1.82, 2.24) is 5.32 Å². The molecule has 3 nitrogen and oxygen atoms in total. The van der Waals surface area contributed by atoms with Crippen molar-refractivity contribution in [1.29, 1.82) is 0 Å². The summed E-state index contributed by atoms with van der Waals surface area (Å²) < 4.78 is 5.29. The highest BCUT2D eigenvalue weighted by Crippen LogP contribution is 2.31. The van der Waals surface area contributed by atoms with Crippen LogP contribution in [0, 0.1) is 5.92 Å². The zero-order chi connectivity index (χ0) is 15.5. The standard InChI is InChI=1S/C17H27ClN2O/c1-17(2,3)19-10-14-15(18)6-5-7-16(14)20-9-8-13(11-20)12-21-4/h5-7,13,19H,8-12H2,1-4H3. The van der Waals surface area contributed by atoms with E-state index in [-0.39, 0.29) is 5.54 Å². The van der Waals surface area contributed by atoms with Gasteiger partial charge in [-0.1, -0.05) is 17.7 Å². The van der Waals surface area contributed by atoms with Gasteiger partial charge in [0.15, 0.2) is 0 Å². The van der Waals surface area contributed by atoms with Gasteiger partial charge in [-0.25, -0.2) is 0 Å². The summed E-state index contributed by atoms with van der Waals surface area (Å²) in [6.07, 6.45) is 1.19. The fraction of sp³-hybridized carbons (Fsp3) is 0.647. The number of benzene rings is 1. The Morgan fingerprint density at radius 2 is 2.14 bits per heavy atom. The summed E-state index contributed by atoms with van der Waals surface area (Å²) >= 11 is 6.44. The van der Waals surface area contributed by atoms with Crippen molar-refractivity contribution < 1.29 is 4.74 Å². The van der Waals surface area contributed by atoms with E-state index in [1.54, 1.807) is 7.11 Å². The highest BCUT2D eigenvalue weighted by atomic mass is 35.5. The highest BCUT2D eigenvalue weighted by molar-refractivity contribution is 6.31. The molecule has 1 aliphatic heterocycles. The summed E-state index contributed by atoms with van der Waals surface area (Å²) in [5.74, 6) is 0.623. The van der Waals surface area contributed by atoms with E-state index in [2.05, 4.69) is 37.1 Å². The fourth-order valence-electron chi connectivity index (χ4n) is 2.80. The molecule has 1 saturated heterocycles. The van der Waals surface area contributed by atoms with Crippen LogP contribution in [0.2, 0.25) is 5.02 Å². The summed E-state index contributed by atoms with van der Waals surface area (Å²) in [5.41, 5.74) is 2.55. The lowest BCUT2D eigenvalue weighted by Gasteiger charge is -2.26. The van der Waals surface area contributed by atoms with E-state index in [9.17, 15) is 0 Å². The molecule has 1 unspecified atom stereocenters. The minimum absolute atomic E-state index is 0.0834. The first-order chi connectivity index (χ1) is 9.90. The molecule has 21 heavy (non-hydrogen) atoms. The molecule has 1 aromatic carbocycles. The molecule has 0 saturated carbocycles. The predicted octanol–water partition coefficient (Wildman–Crippen LogP) is 3.70. The average molecular weight is 311 g/mol. The quantitative estimate of drug-likeness (QED) is 0.897. The van der Waals surface area contributed by atoms with Crippen molar-refractivity contribution in [2.24, 2.45) is 5.92 Å². The fourth-order valence-corrected chi connectivity index (χ4v) is 3.03. The highest BCUT2D eigenvalue weighted by Gasteiger charge is 2.25. The molecule has 4 heteroatoms. The minimum atomic E-state index is 0.0834. The Hall–Kier alpha value is -0.770. The number of ether oxygens (including phenoxy) is 1. The first kappa shape index (κ1) is 16.6. The summed E-state index contributed by atoms with van der Waals surface area (Å²) in [6.45, 7) is 10.3. The number of nitrogens with one attached hydrogen (secondary N) is 1. The van der Waals surface area contributed by atoms with Crippen LogP contribution in [0.5, 0.6) is 0 Å². The summed E-state index contributed by atoms with van der Waals surface area (Å²) in [4.78, 5) is 2.44. The van der Waals surface area contributed by atoms with Crippen molar-refractivity contribution >= 4 is 17.3 Å². The third-order valence-electron chi connectivity index (χ3n) is 3.92. The number of hydrogen-bond acceptors (Lipinski definition) is 3. The normalized spacial score (nSPS) is 19.3. The van der Waals surface area contributed by atoms with E-state index in [4.69, 9.17) is 16.3 Å². The average Bonchev–Trinajstić information content (AvgIpc) is 2.85. The van der Waals surface area contributed by atoms with Gasteiger partial charge in [0.1, 0.15) is 0 Å². The maximum Gasteiger partial charge on any atom is 0.0508 e. The number of nitrogens with zero attached hydrogens (tertiary/aromatic N) is 1. The number of anilines is 1. The number of hydrogen-bond donors (Lipinski definition) is 1. The van der Waals surface area contributed by atoms with E-state index in [1.165, 1.54) is 17.7 Å². The zero-order valence-corrected chi connectivity index (χ0v) is 14.3. The zero-order valence-electron chi connectivity index (χ0n) is 13.6. The third-order valence-corrected chi connectivity index (χ3v) is 4.27. The first-order valence-corrected chi connectivity index (χ1v) is 8.05. The van der Waals surface area contributed by atoms with Gasteiger partial charge in [-0.3, -0.25) is 0 Å². The Labute approximate surface area is 133 Å². The molecule has 1 N–H and O–H groups in total. The van der Waals surface area contributed by atoms with Gasteiger partial charge >= 0.3 is 0 Å². The molecule has 0 aromatic heterocycles. The van der Waals surface area contributed by atoms with E-state index in [0.29, 0.717) is 5.92 Å². The van der Waals surface area contributed by atoms with E-state index in [1.807, 2.05) is 12.1 Å². The van der Waals surface area contributed by atoms with E-state index in [0.717, 1.165) is 31.3 Å². The maximum atomic E-state index is 6.44. The van der Waals surface area contributed by atoms with Crippen LogP contribution in [-0.2, 0) is 11.3 Å². The van der Waals surface area contributed by atoms with Crippen LogP contribution in [0.15, 0.2) is 18.2 Å². The van der Waals surface area contributed by atoms with Crippen LogP contribution < -0.4 is 10.2 Å². The van der Waals surface area contributed by atoms with Crippen LogP contribution in [0.4, 0.5) is 5.69 Å². The van der Waals surface area contributed by atoms with Crippen LogP contribution in [0.25, 0.3) is 0 Å². The van der Waals surface area contributed by atoms with Gasteiger partial charge in [-0.2, -0.15) is 0 Å². The summed E-state index contributed by atoms with van der Waals surface area (Å²) in [5, 5.41) is 4.39. The largest absolute Gasteiger partial charge is 0.384 e. The van der Waals surface area contributed by atoms with Crippen LogP contribution in [-0.4, -0.2) is 32.3 Å². The predicted molar refractivity (Wildman–Crippen MR) is 90.2 cm³/mol. The minimum Gasteiger partial charge on any atom is -0.384 e. The first-order valence-electron chi connectivity index (χ1n) is 7.67. The van der Waals surface area contributed by atoms with Gasteiger partial charge < -0.3 is 15.0 Å². The van der Waals surface area contributed by atoms with Gasteiger partial charge in [0.25, 0.3) is 0 Å². The molecule has 2 rings (SSSR count). The van der Waals surface area contributed by atoms with Crippen molar-refractivity contribution in [3.05, 3.63) is 28.8 Å². The van der Waals surface area contributed by atoms with Crippen molar-refractivity contribution in [2.75, 3.05) is 31.7 Å². The smallest absolute Gasteiger partial charge is 0.0508 e. The Balaban J connectivity index is 2.14. The lowest BCUT2D eigenvalue weighted by atomic mass is 10.1. The SMILES string of the molecule is COCC1CCN(c2cccc(Cl)c2CNC(C)(C)C)C1. The monoisotopic (exact) mass is 310 g/mol. The molecule has 0 radical (unpaired) electrons. The van der Waals surface area contributed by atoms with E-state index >= 15 is 0 Å². The van der Waals surface area contributed by atoms with Gasteiger partial charge in [-0.05, 0) is 39.3 Å². The molecule has 0 amide bonds. The van der Waals surface area contributed by atoms with Gasteiger partial charge in [0.2, 0.25) is 0 Å². The van der Waals surface area contributed by atoms with Gasteiger partial charge in [0.05, 0.1) is 6.61 Å². The Morgan fingerprint density at radius 1 is 1.38 bits per heavy atom. The van der Waals surface area contributed by atoms with Crippen LogP contribution in [0.3, 0.4) is 0 Å². The Morgan fingerprint density at radius 3 is 2.81 bits per heavy atom. The summed E-state index contributed by atoms with van der Waals surface area (Å²) in [6, 6.07) is 6.20. The maximum absolute atomic E-state index is 6.44. The second-order valence-corrected chi connectivity index (χ2v) is 7.30. The molecule has 118 valence electrons. The van der Waals surface area contributed by atoms with Crippen molar-refractivity contribution in [2.45, 2.75) is 39.3 Å². The van der Waals surface area contributed by atoms with Crippen LogP contribution in [0.1, 0.15) is 32.8 Å². The second kappa shape index (κ2) is 6.99. The third kappa shape index (κ3) is 4.60. The second-order valence-electron chi connectivity index (χ2n) is 6.90. The Kier molecular flexibility index (Phi) is 5.53.